The van der Waals surface area contributed by atoms with Crippen LogP contribution in [0.5, 0.6) is 11.5 Å². The smallest absolute Gasteiger partial charge is 0.240 e. The van der Waals surface area contributed by atoms with Crippen molar-refractivity contribution in [3.63, 3.8) is 0 Å². The van der Waals surface area contributed by atoms with Crippen LogP contribution in [0.1, 0.15) is 32.3 Å². The summed E-state index contributed by atoms with van der Waals surface area (Å²) < 4.78 is 37.0. The van der Waals surface area contributed by atoms with Crippen LogP contribution in [0.2, 0.25) is 0 Å². The fourth-order valence-corrected chi connectivity index (χ4v) is 3.94. The van der Waals surface area contributed by atoms with Crippen LogP contribution < -0.4 is 19.1 Å². The molecule has 2 aromatic rings. The van der Waals surface area contributed by atoms with Crippen molar-refractivity contribution in [3.8, 4) is 11.5 Å². The molecular weight excluding hydrogens is 416 g/mol. The average Bonchev–Trinajstić information content (AvgIpc) is 2.74. The highest BCUT2D eigenvalue weighted by Gasteiger charge is 2.23. The molecule has 0 aromatic heterocycles. The second-order valence-electron chi connectivity index (χ2n) is 7.08. The second-order valence-corrected chi connectivity index (χ2v) is 8.99. The zero-order valence-electron chi connectivity index (χ0n) is 18.5. The Hall–Kier alpha value is -2.74. The molecule has 0 aliphatic rings. The minimum atomic E-state index is -3.67. The summed E-state index contributed by atoms with van der Waals surface area (Å²) in [6, 6.07) is 14.7. The molecule has 0 saturated carbocycles. The minimum Gasteiger partial charge on any atom is -0.493 e. The number of nitrogens with zero attached hydrogens (tertiary/aromatic N) is 1. The number of benzene rings is 2. The molecule has 0 aliphatic heterocycles. The normalized spacial score (nSPS) is 11.1. The lowest BCUT2D eigenvalue weighted by molar-refractivity contribution is -0.119. The van der Waals surface area contributed by atoms with E-state index < -0.39 is 10.0 Å². The number of sulfonamides is 1. The molecular formula is C23H32N2O5S. The molecule has 0 heterocycles. The van der Waals surface area contributed by atoms with Gasteiger partial charge in [-0.3, -0.25) is 9.10 Å². The van der Waals surface area contributed by atoms with E-state index in [0.717, 1.165) is 34.7 Å². The second kappa shape index (κ2) is 12.2. The van der Waals surface area contributed by atoms with Gasteiger partial charge in [0, 0.05) is 6.54 Å². The van der Waals surface area contributed by atoms with E-state index in [1.54, 1.807) is 24.3 Å². The number of nitrogens with one attached hydrogen (secondary N) is 1. The van der Waals surface area contributed by atoms with Crippen LogP contribution in [0.15, 0.2) is 48.5 Å². The van der Waals surface area contributed by atoms with Crippen LogP contribution in [0.3, 0.4) is 0 Å². The number of hydrogen-bond acceptors (Lipinski definition) is 5. The maximum atomic E-state index is 12.5. The number of anilines is 1. The van der Waals surface area contributed by atoms with Crippen LogP contribution >= 0.6 is 0 Å². The first-order valence-electron chi connectivity index (χ1n) is 10.5. The highest BCUT2D eigenvalue weighted by Crippen LogP contribution is 2.29. The molecule has 0 fully saturated rings. The van der Waals surface area contributed by atoms with E-state index in [1.165, 1.54) is 0 Å². The Labute approximate surface area is 185 Å². The van der Waals surface area contributed by atoms with Crippen molar-refractivity contribution in [2.75, 3.05) is 36.9 Å². The molecule has 0 unspecified atom stereocenters. The number of carbonyl (C=O) groups excluding carboxylic acids is 1. The molecule has 170 valence electrons. The lowest BCUT2D eigenvalue weighted by Gasteiger charge is -2.24. The van der Waals surface area contributed by atoms with Gasteiger partial charge in [-0.25, -0.2) is 8.42 Å². The van der Waals surface area contributed by atoms with E-state index in [-0.39, 0.29) is 12.5 Å². The first-order chi connectivity index (χ1) is 14.9. The van der Waals surface area contributed by atoms with Crippen molar-refractivity contribution < 1.29 is 22.7 Å². The van der Waals surface area contributed by atoms with Crippen LogP contribution in [0.25, 0.3) is 0 Å². The summed E-state index contributed by atoms with van der Waals surface area (Å²) in [7, 11) is -3.67. The van der Waals surface area contributed by atoms with Crippen LogP contribution in [0, 0.1) is 0 Å². The van der Waals surface area contributed by atoms with Crippen molar-refractivity contribution >= 4 is 21.6 Å². The molecule has 7 nitrogen and oxygen atoms in total. The molecule has 0 atom stereocenters. The fraction of sp³-hybridized carbons (Fsp3) is 0.435. The predicted molar refractivity (Wildman–Crippen MR) is 123 cm³/mol. The van der Waals surface area contributed by atoms with Crippen LogP contribution in [0.4, 0.5) is 5.69 Å². The number of amides is 1. The molecule has 2 rings (SSSR count). The Balaban J connectivity index is 1.95. The maximum Gasteiger partial charge on any atom is 0.240 e. The molecule has 0 spiro atoms. The summed E-state index contributed by atoms with van der Waals surface area (Å²) in [5.41, 5.74) is 1.44. The van der Waals surface area contributed by atoms with E-state index in [2.05, 4.69) is 12.2 Å². The number of hydrogen-bond donors (Lipinski definition) is 1. The third kappa shape index (κ3) is 7.79. The summed E-state index contributed by atoms with van der Waals surface area (Å²) in [5.74, 6) is 0.922. The van der Waals surface area contributed by atoms with Gasteiger partial charge < -0.3 is 14.8 Å². The Morgan fingerprint density at radius 1 is 1.00 bits per heavy atom. The van der Waals surface area contributed by atoms with Crippen molar-refractivity contribution in [1.29, 1.82) is 0 Å². The fourth-order valence-electron chi connectivity index (χ4n) is 3.08. The molecule has 8 heteroatoms. The molecule has 1 amide bonds. The largest absolute Gasteiger partial charge is 0.493 e. The van der Waals surface area contributed by atoms with Gasteiger partial charge in [0.25, 0.3) is 0 Å². The monoisotopic (exact) mass is 448 g/mol. The molecule has 1 N–H and O–H groups in total. The van der Waals surface area contributed by atoms with Gasteiger partial charge in [-0.2, -0.15) is 0 Å². The highest BCUT2D eigenvalue weighted by atomic mass is 32.2. The third-order valence-corrected chi connectivity index (χ3v) is 5.63. The third-order valence-electron chi connectivity index (χ3n) is 4.50. The Kier molecular flexibility index (Phi) is 9.65. The Morgan fingerprint density at radius 2 is 1.68 bits per heavy atom. The maximum absolute atomic E-state index is 12.5. The van der Waals surface area contributed by atoms with Gasteiger partial charge in [-0.15, -0.1) is 0 Å². The molecule has 0 radical (unpaired) electrons. The topological polar surface area (TPSA) is 84.9 Å². The van der Waals surface area contributed by atoms with Crippen molar-refractivity contribution in [1.82, 2.24) is 5.32 Å². The van der Waals surface area contributed by atoms with E-state index in [1.807, 2.05) is 31.2 Å². The molecule has 0 bridgehead atoms. The van der Waals surface area contributed by atoms with Crippen LogP contribution in [-0.4, -0.2) is 46.9 Å². The van der Waals surface area contributed by atoms with E-state index in [9.17, 15) is 13.2 Å². The summed E-state index contributed by atoms with van der Waals surface area (Å²) in [6.07, 6.45) is 3.49. The minimum absolute atomic E-state index is 0.306. The quantitative estimate of drug-likeness (QED) is 0.475. The number of rotatable bonds is 13. The summed E-state index contributed by atoms with van der Waals surface area (Å²) in [4.78, 5) is 12.5. The zero-order valence-corrected chi connectivity index (χ0v) is 19.3. The number of carbonyl (C=O) groups is 1. The SMILES string of the molecule is CCCOc1ccccc1CCCNC(=O)CN(c1ccccc1OCC)S(C)(=O)=O. The van der Waals surface area contributed by atoms with Gasteiger partial charge in [-0.1, -0.05) is 37.3 Å². The van der Waals surface area contributed by atoms with Gasteiger partial charge in [0.2, 0.25) is 15.9 Å². The zero-order chi connectivity index (χ0) is 22.7. The lowest BCUT2D eigenvalue weighted by Crippen LogP contribution is -2.40. The van der Waals surface area contributed by atoms with Crippen LogP contribution in [-0.2, 0) is 21.2 Å². The number of aryl methyl sites for hydroxylation is 1. The van der Waals surface area contributed by atoms with Crippen molar-refractivity contribution in [3.05, 3.63) is 54.1 Å². The van der Waals surface area contributed by atoms with Gasteiger partial charge in [0.05, 0.1) is 25.2 Å². The first kappa shape index (κ1) is 24.5. The molecule has 0 saturated heterocycles. The first-order valence-corrected chi connectivity index (χ1v) is 12.4. The molecule has 2 aromatic carbocycles. The van der Waals surface area contributed by atoms with Gasteiger partial charge in [0.15, 0.2) is 0 Å². The van der Waals surface area contributed by atoms with Gasteiger partial charge in [0.1, 0.15) is 18.0 Å². The standard InChI is InChI=1S/C23H32N2O5S/c1-4-17-30-21-14-8-6-11-19(21)12-10-16-24-23(26)18-25(31(3,27)28)20-13-7-9-15-22(20)29-5-2/h6-9,11,13-15H,4-5,10,12,16-18H2,1-3H3,(H,24,26). The van der Waals surface area contributed by atoms with E-state index in [4.69, 9.17) is 9.47 Å². The number of ether oxygens (including phenoxy) is 2. The lowest BCUT2D eigenvalue weighted by atomic mass is 10.1. The Bertz CT molecular complexity index is 946. The summed E-state index contributed by atoms with van der Waals surface area (Å²) in [5, 5.41) is 2.81. The number of para-hydroxylation sites is 3. The summed E-state index contributed by atoms with van der Waals surface area (Å²) in [6.45, 7) is 5.07. The molecule has 31 heavy (non-hydrogen) atoms. The Morgan fingerprint density at radius 3 is 2.35 bits per heavy atom. The predicted octanol–water partition coefficient (Wildman–Crippen LogP) is 3.39. The summed E-state index contributed by atoms with van der Waals surface area (Å²) >= 11 is 0. The molecule has 0 aliphatic carbocycles. The van der Waals surface area contributed by atoms with E-state index >= 15 is 0 Å². The van der Waals surface area contributed by atoms with Gasteiger partial charge in [-0.05, 0) is 49.9 Å². The van der Waals surface area contributed by atoms with Gasteiger partial charge >= 0.3 is 0 Å². The van der Waals surface area contributed by atoms with Crippen molar-refractivity contribution in [2.45, 2.75) is 33.1 Å². The average molecular weight is 449 g/mol. The van der Waals surface area contributed by atoms with E-state index in [0.29, 0.717) is 37.6 Å². The highest BCUT2D eigenvalue weighted by molar-refractivity contribution is 7.92. The van der Waals surface area contributed by atoms with Crippen molar-refractivity contribution in [2.24, 2.45) is 0 Å².